The third-order valence-electron chi connectivity index (χ3n) is 2.69. The van der Waals surface area contributed by atoms with Crippen molar-refractivity contribution in [2.45, 2.75) is 20.8 Å². The highest BCUT2D eigenvalue weighted by Gasteiger charge is 2.46. The van der Waals surface area contributed by atoms with E-state index >= 15 is 0 Å². The molecule has 0 saturated heterocycles. The summed E-state index contributed by atoms with van der Waals surface area (Å²) in [5, 5.41) is 0. The van der Waals surface area contributed by atoms with E-state index in [1.807, 2.05) is 69.3 Å². The van der Waals surface area contributed by atoms with Crippen LogP contribution in [0.3, 0.4) is 0 Å². The van der Waals surface area contributed by atoms with Crippen molar-refractivity contribution in [1.29, 1.82) is 0 Å². The number of hydrogen-bond acceptors (Lipinski definition) is 3. The van der Waals surface area contributed by atoms with E-state index in [0.29, 0.717) is 6.61 Å². The van der Waals surface area contributed by atoms with Gasteiger partial charge in [0.15, 0.2) is 11.5 Å². The molecule has 21 heavy (non-hydrogen) atoms. The maximum absolute atomic E-state index is 5.95. The Morgan fingerprint density at radius 1 is 0.905 bits per heavy atom. The van der Waals surface area contributed by atoms with Crippen LogP contribution in [0.4, 0.5) is 0 Å². The molecule has 0 aromatic heterocycles. The maximum Gasteiger partial charge on any atom is 0.575 e. The maximum atomic E-state index is 5.95. The average molecular weight is 370 g/mol. The number of benzene rings is 2. The predicted octanol–water partition coefficient (Wildman–Crippen LogP) is 5.87. The Balaban J connectivity index is 2.19. The van der Waals surface area contributed by atoms with Crippen LogP contribution in [0, 0.1) is 13.8 Å². The number of rotatable bonds is 6. The Labute approximate surface area is 134 Å². The molecule has 112 valence electrons. The van der Waals surface area contributed by atoms with Gasteiger partial charge in [-0.1, -0.05) is 24.3 Å². The Hall–Kier alpha value is -1.09. The lowest BCUT2D eigenvalue weighted by atomic mass is 10.2. The third-order valence-corrected chi connectivity index (χ3v) is 5.60. The predicted molar refractivity (Wildman–Crippen MR) is 91.1 cm³/mol. The van der Waals surface area contributed by atoms with E-state index in [2.05, 4.69) is 15.5 Å². The van der Waals surface area contributed by atoms with Crippen molar-refractivity contribution >= 4 is 22.1 Å². The lowest BCUT2D eigenvalue weighted by molar-refractivity contribution is 0.274. The van der Waals surface area contributed by atoms with Crippen LogP contribution in [0.5, 0.6) is 11.5 Å². The molecule has 2 aromatic carbocycles. The van der Waals surface area contributed by atoms with E-state index in [-0.39, 0.29) is 0 Å². The molecule has 0 amide bonds. The molecule has 0 aliphatic heterocycles. The quantitative estimate of drug-likeness (QED) is 0.595. The second kappa shape index (κ2) is 7.26. The van der Waals surface area contributed by atoms with Gasteiger partial charge in [-0.15, -0.1) is 0 Å². The fourth-order valence-corrected chi connectivity index (χ4v) is 4.62. The van der Waals surface area contributed by atoms with Crippen LogP contribution in [0.25, 0.3) is 0 Å². The summed E-state index contributed by atoms with van der Waals surface area (Å²) in [6, 6.07) is 15.6. The smallest absolute Gasteiger partial charge is 0.269 e. The van der Waals surface area contributed by atoms with Gasteiger partial charge in [-0.2, -0.15) is 4.52 Å². The van der Waals surface area contributed by atoms with Crippen LogP contribution in [-0.2, 0) is 4.52 Å². The fourth-order valence-electron chi connectivity index (χ4n) is 1.82. The van der Waals surface area contributed by atoms with Crippen molar-refractivity contribution in [1.82, 2.24) is 0 Å². The van der Waals surface area contributed by atoms with E-state index < -0.39 is 6.65 Å². The molecule has 0 fully saturated rings. The summed E-state index contributed by atoms with van der Waals surface area (Å²) >= 11 is 3.51. The van der Waals surface area contributed by atoms with Crippen LogP contribution in [-0.4, -0.2) is 6.61 Å². The van der Waals surface area contributed by atoms with Crippen LogP contribution in [0.1, 0.15) is 18.1 Å². The summed E-state index contributed by atoms with van der Waals surface area (Å²) in [5.74, 6) is 1.45. The second-order valence-corrected chi connectivity index (χ2v) is 8.75. The van der Waals surface area contributed by atoms with Gasteiger partial charge in [0.05, 0.1) is 6.61 Å². The summed E-state index contributed by atoms with van der Waals surface area (Å²) in [5.41, 5.74) is 2.25. The van der Waals surface area contributed by atoms with Gasteiger partial charge >= 0.3 is 6.65 Å². The molecule has 0 aliphatic carbocycles. The number of halogens is 1. The first-order valence-electron chi connectivity index (χ1n) is 6.76. The minimum absolute atomic E-state index is 0.497. The van der Waals surface area contributed by atoms with E-state index in [1.54, 1.807) is 0 Å². The van der Waals surface area contributed by atoms with Gasteiger partial charge in [0.1, 0.15) is 0 Å². The van der Waals surface area contributed by atoms with Crippen molar-refractivity contribution in [2.75, 3.05) is 6.61 Å². The minimum atomic E-state index is -2.64. The molecule has 0 atom stereocenters. The summed E-state index contributed by atoms with van der Waals surface area (Å²) in [4.78, 5) is 0. The lowest BCUT2D eigenvalue weighted by Crippen LogP contribution is -2.07. The Morgan fingerprint density at radius 3 is 1.76 bits per heavy atom. The van der Waals surface area contributed by atoms with Crippen molar-refractivity contribution in [3.63, 3.8) is 0 Å². The van der Waals surface area contributed by atoms with Crippen molar-refractivity contribution in [3.05, 3.63) is 59.7 Å². The van der Waals surface area contributed by atoms with Crippen LogP contribution in [0.2, 0.25) is 0 Å². The molecule has 0 spiro atoms. The normalized spacial score (nSPS) is 11.2. The monoisotopic (exact) mass is 369 g/mol. The first-order chi connectivity index (χ1) is 10.0. The Bertz CT molecular complexity index is 556. The summed E-state index contributed by atoms with van der Waals surface area (Å²) < 4.78 is 17.6. The molecule has 0 heterocycles. The lowest BCUT2D eigenvalue weighted by Gasteiger charge is -2.16. The van der Waals surface area contributed by atoms with E-state index in [1.165, 1.54) is 0 Å². The van der Waals surface area contributed by atoms with Crippen LogP contribution in [0.15, 0.2) is 48.5 Å². The molecule has 5 heteroatoms. The van der Waals surface area contributed by atoms with Gasteiger partial charge in [-0.3, -0.25) is 9.05 Å². The molecule has 2 rings (SSSR count). The Kier molecular flexibility index (Phi) is 5.63. The van der Waals surface area contributed by atoms with Crippen molar-refractivity contribution < 1.29 is 13.6 Å². The van der Waals surface area contributed by atoms with Gasteiger partial charge in [-0.05, 0) is 56.2 Å². The summed E-state index contributed by atoms with van der Waals surface area (Å²) in [6.45, 7) is 3.80. The molecule has 0 N–H and O–H groups in total. The van der Waals surface area contributed by atoms with Gasteiger partial charge < -0.3 is 0 Å². The number of aryl methyl sites for hydroxylation is 2. The molecular weight excluding hydrogens is 351 g/mol. The van der Waals surface area contributed by atoms with Gasteiger partial charge in [-0.25, -0.2) is 0 Å². The fraction of sp³-hybridized carbons (Fsp3) is 0.250. The molecule has 3 nitrogen and oxygen atoms in total. The molecule has 0 saturated carbocycles. The highest BCUT2D eigenvalue weighted by molar-refractivity contribution is 9.40. The topological polar surface area (TPSA) is 27.7 Å². The third kappa shape index (κ3) is 4.99. The summed E-state index contributed by atoms with van der Waals surface area (Å²) in [6.07, 6.45) is 0. The zero-order valence-electron chi connectivity index (χ0n) is 12.4. The highest BCUT2D eigenvalue weighted by Crippen LogP contribution is 2.67. The standard InChI is InChI=1S/C16H19BrO3P/c1-4-18-21(17,19-15-9-5-7-13(2)11-15)20-16-10-6-8-14(3)12-16/h5-12H,4H2,1-3H3/q+1. The van der Waals surface area contributed by atoms with Crippen LogP contribution >= 0.6 is 22.1 Å². The Morgan fingerprint density at radius 2 is 1.38 bits per heavy atom. The molecular formula is C16H19BrO3P+. The van der Waals surface area contributed by atoms with Crippen molar-refractivity contribution in [2.24, 2.45) is 0 Å². The largest absolute Gasteiger partial charge is 0.575 e. The summed E-state index contributed by atoms with van der Waals surface area (Å²) in [7, 11) is 0. The zero-order valence-corrected chi connectivity index (χ0v) is 14.9. The molecule has 0 aliphatic rings. The van der Waals surface area contributed by atoms with E-state index in [9.17, 15) is 0 Å². The van der Waals surface area contributed by atoms with Gasteiger partial charge in [0.25, 0.3) is 15.5 Å². The first kappa shape index (κ1) is 16.3. The highest BCUT2D eigenvalue weighted by atomic mass is 79.9. The van der Waals surface area contributed by atoms with E-state index in [4.69, 9.17) is 13.6 Å². The van der Waals surface area contributed by atoms with Crippen LogP contribution < -0.4 is 9.05 Å². The first-order valence-corrected chi connectivity index (χ1v) is 10.3. The SMILES string of the molecule is CCO[P+](Br)(Oc1cccc(C)c1)Oc1cccc(C)c1. The van der Waals surface area contributed by atoms with Crippen molar-refractivity contribution in [3.8, 4) is 11.5 Å². The zero-order chi connectivity index (χ0) is 15.3. The number of hydrogen-bond donors (Lipinski definition) is 0. The second-order valence-electron chi connectivity index (χ2n) is 4.66. The molecule has 0 radical (unpaired) electrons. The van der Waals surface area contributed by atoms with Gasteiger partial charge in [0, 0.05) is 0 Å². The van der Waals surface area contributed by atoms with Gasteiger partial charge in [0.2, 0.25) is 0 Å². The molecule has 0 bridgehead atoms. The minimum Gasteiger partial charge on any atom is -0.269 e. The average Bonchev–Trinajstić information content (AvgIpc) is 2.38. The molecule has 0 unspecified atom stereocenters. The van der Waals surface area contributed by atoms with E-state index in [0.717, 1.165) is 22.6 Å². The molecule has 2 aromatic rings.